The van der Waals surface area contributed by atoms with E-state index in [2.05, 4.69) is 50.2 Å². The average Bonchev–Trinajstić information content (AvgIpc) is 2.65. The highest BCUT2D eigenvalue weighted by molar-refractivity contribution is 14.0. The Morgan fingerprint density at radius 3 is 2.24 bits per heavy atom. The van der Waals surface area contributed by atoms with Crippen LogP contribution in [-0.2, 0) is 9.84 Å². The second-order valence-corrected chi connectivity index (χ2v) is 8.66. The van der Waals surface area contributed by atoms with Crippen molar-refractivity contribution in [3.8, 4) is 0 Å². The van der Waals surface area contributed by atoms with Crippen molar-refractivity contribution < 1.29 is 8.42 Å². The van der Waals surface area contributed by atoms with Crippen LogP contribution in [0.25, 0.3) is 0 Å². The van der Waals surface area contributed by atoms with E-state index in [1.54, 1.807) is 0 Å². The smallest absolute Gasteiger partial charge is 0.191 e. The van der Waals surface area contributed by atoms with Gasteiger partial charge in [-0.05, 0) is 39.0 Å². The highest BCUT2D eigenvalue weighted by Gasteiger charge is 2.27. The second-order valence-electron chi connectivity index (χ2n) is 6.43. The molecule has 1 fully saturated rings. The van der Waals surface area contributed by atoms with Crippen molar-refractivity contribution in [3.63, 3.8) is 0 Å². The number of halogens is 1. The predicted molar refractivity (Wildman–Crippen MR) is 100 cm³/mol. The van der Waals surface area contributed by atoms with Crippen LogP contribution in [0, 0.1) is 11.8 Å². The lowest BCUT2D eigenvalue weighted by atomic mass is 10.1. The van der Waals surface area contributed by atoms with Crippen LogP contribution in [0.5, 0.6) is 0 Å². The molecular weight excluding hydrogens is 401 g/mol. The third-order valence-corrected chi connectivity index (χ3v) is 5.46. The van der Waals surface area contributed by atoms with E-state index in [0.29, 0.717) is 30.3 Å². The second kappa shape index (κ2) is 9.17. The van der Waals surface area contributed by atoms with Gasteiger partial charge in [0, 0.05) is 18.6 Å². The van der Waals surface area contributed by atoms with Gasteiger partial charge in [0.25, 0.3) is 0 Å². The van der Waals surface area contributed by atoms with Gasteiger partial charge in [-0.3, -0.25) is 4.99 Å². The maximum atomic E-state index is 11.5. The van der Waals surface area contributed by atoms with Crippen LogP contribution in [0.3, 0.4) is 0 Å². The molecule has 7 heteroatoms. The summed E-state index contributed by atoms with van der Waals surface area (Å²) in [5, 5.41) is 6.68. The summed E-state index contributed by atoms with van der Waals surface area (Å²) in [6.07, 6.45) is 0.737. The summed E-state index contributed by atoms with van der Waals surface area (Å²) < 4.78 is 22.9. The molecule has 0 aliphatic carbocycles. The highest BCUT2D eigenvalue weighted by Crippen LogP contribution is 2.18. The SMILES string of the molecule is CC(C)NC(=NCC1CCS(=O)(=O)C1)NC(C)C(C)C.I. The summed E-state index contributed by atoms with van der Waals surface area (Å²) in [6.45, 7) is 11.2. The van der Waals surface area contributed by atoms with Crippen molar-refractivity contribution in [2.45, 2.75) is 53.1 Å². The zero-order valence-electron chi connectivity index (χ0n) is 13.7. The molecule has 1 aliphatic heterocycles. The Morgan fingerprint density at radius 1 is 1.19 bits per heavy atom. The largest absolute Gasteiger partial charge is 0.354 e. The van der Waals surface area contributed by atoms with Crippen molar-refractivity contribution in [2.75, 3.05) is 18.1 Å². The van der Waals surface area contributed by atoms with Crippen LogP contribution in [0.1, 0.15) is 41.0 Å². The Balaban J connectivity index is 0.00000400. The molecule has 0 radical (unpaired) electrons. The number of aliphatic imine (C=N–C) groups is 1. The van der Waals surface area contributed by atoms with E-state index in [1.807, 2.05) is 0 Å². The summed E-state index contributed by atoms with van der Waals surface area (Å²) in [6, 6.07) is 0.625. The minimum atomic E-state index is -2.81. The molecule has 0 bridgehead atoms. The molecule has 0 aromatic carbocycles. The first-order valence-electron chi connectivity index (χ1n) is 7.47. The van der Waals surface area contributed by atoms with E-state index < -0.39 is 9.84 Å². The molecular formula is C14H30IN3O2S. The fraction of sp³-hybridized carbons (Fsp3) is 0.929. The van der Waals surface area contributed by atoms with Gasteiger partial charge in [-0.2, -0.15) is 0 Å². The zero-order valence-corrected chi connectivity index (χ0v) is 16.9. The van der Waals surface area contributed by atoms with Gasteiger partial charge in [0.1, 0.15) is 0 Å². The molecule has 2 atom stereocenters. The molecule has 2 N–H and O–H groups in total. The van der Waals surface area contributed by atoms with Gasteiger partial charge in [-0.15, -0.1) is 24.0 Å². The van der Waals surface area contributed by atoms with Crippen molar-refractivity contribution in [3.05, 3.63) is 0 Å². The first-order valence-corrected chi connectivity index (χ1v) is 9.29. The van der Waals surface area contributed by atoms with E-state index in [-0.39, 0.29) is 35.6 Å². The normalized spacial score (nSPS) is 23.0. The number of nitrogens with zero attached hydrogens (tertiary/aromatic N) is 1. The molecule has 0 saturated carbocycles. The lowest BCUT2D eigenvalue weighted by Gasteiger charge is -2.22. The molecule has 1 heterocycles. The van der Waals surface area contributed by atoms with Crippen molar-refractivity contribution in [1.82, 2.24) is 10.6 Å². The Bertz CT molecular complexity index is 436. The minimum Gasteiger partial charge on any atom is -0.354 e. The Morgan fingerprint density at radius 2 is 1.81 bits per heavy atom. The molecule has 0 spiro atoms. The van der Waals surface area contributed by atoms with Gasteiger partial charge in [0.05, 0.1) is 11.5 Å². The quantitative estimate of drug-likeness (QED) is 0.397. The number of rotatable bonds is 5. The van der Waals surface area contributed by atoms with E-state index in [4.69, 9.17) is 0 Å². The summed E-state index contributed by atoms with van der Waals surface area (Å²) in [4.78, 5) is 4.56. The summed E-state index contributed by atoms with van der Waals surface area (Å²) in [5.74, 6) is 2.06. The van der Waals surface area contributed by atoms with Gasteiger partial charge >= 0.3 is 0 Å². The highest BCUT2D eigenvalue weighted by atomic mass is 127. The van der Waals surface area contributed by atoms with Crippen LogP contribution in [0.15, 0.2) is 4.99 Å². The first kappa shape index (κ1) is 20.9. The Labute approximate surface area is 146 Å². The fourth-order valence-corrected chi connectivity index (χ4v) is 3.87. The first-order chi connectivity index (χ1) is 9.19. The molecule has 1 saturated heterocycles. The Hall–Kier alpha value is -0.0500. The number of sulfone groups is 1. The van der Waals surface area contributed by atoms with Crippen LogP contribution in [0.4, 0.5) is 0 Å². The summed E-state index contributed by atoms with van der Waals surface area (Å²) in [7, 11) is -2.81. The summed E-state index contributed by atoms with van der Waals surface area (Å²) in [5.41, 5.74) is 0. The molecule has 2 unspecified atom stereocenters. The summed E-state index contributed by atoms with van der Waals surface area (Å²) >= 11 is 0. The van der Waals surface area contributed by atoms with E-state index in [9.17, 15) is 8.42 Å². The maximum Gasteiger partial charge on any atom is 0.191 e. The van der Waals surface area contributed by atoms with Gasteiger partial charge in [-0.25, -0.2) is 8.42 Å². The van der Waals surface area contributed by atoms with E-state index in [1.165, 1.54) is 0 Å². The van der Waals surface area contributed by atoms with Crippen LogP contribution in [-0.4, -0.2) is 44.5 Å². The monoisotopic (exact) mass is 431 g/mol. The van der Waals surface area contributed by atoms with Crippen molar-refractivity contribution >= 4 is 39.8 Å². The lowest BCUT2D eigenvalue weighted by Crippen LogP contribution is -2.46. The topological polar surface area (TPSA) is 70.6 Å². The van der Waals surface area contributed by atoms with Gasteiger partial charge in [0.2, 0.25) is 0 Å². The number of hydrogen-bond donors (Lipinski definition) is 2. The van der Waals surface area contributed by atoms with Gasteiger partial charge in [-0.1, -0.05) is 13.8 Å². The third-order valence-electron chi connectivity index (χ3n) is 3.62. The number of guanidine groups is 1. The molecule has 0 amide bonds. The molecule has 1 rings (SSSR count). The van der Waals surface area contributed by atoms with E-state index in [0.717, 1.165) is 12.4 Å². The third kappa shape index (κ3) is 8.23. The molecule has 1 aliphatic rings. The Kier molecular flexibility index (Phi) is 9.15. The van der Waals surface area contributed by atoms with Crippen molar-refractivity contribution in [1.29, 1.82) is 0 Å². The molecule has 0 aromatic heterocycles. The standard InChI is InChI=1S/C14H29N3O2S.HI/c1-10(2)12(5)17-14(16-11(3)4)15-8-13-6-7-20(18,19)9-13;/h10-13H,6-9H2,1-5H3,(H2,15,16,17);1H. The average molecular weight is 431 g/mol. The van der Waals surface area contributed by atoms with Crippen molar-refractivity contribution in [2.24, 2.45) is 16.8 Å². The van der Waals surface area contributed by atoms with Crippen LogP contribution < -0.4 is 10.6 Å². The zero-order chi connectivity index (χ0) is 15.3. The maximum absolute atomic E-state index is 11.5. The number of hydrogen-bond acceptors (Lipinski definition) is 3. The number of nitrogens with one attached hydrogen (secondary N) is 2. The fourth-order valence-electron chi connectivity index (χ4n) is 2.03. The molecule has 21 heavy (non-hydrogen) atoms. The minimum absolute atomic E-state index is 0. The lowest BCUT2D eigenvalue weighted by molar-refractivity contribution is 0.476. The van der Waals surface area contributed by atoms with E-state index >= 15 is 0 Å². The van der Waals surface area contributed by atoms with Gasteiger partial charge < -0.3 is 10.6 Å². The van der Waals surface area contributed by atoms with Crippen LogP contribution >= 0.6 is 24.0 Å². The molecule has 0 aromatic rings. The molecule has 5 nitrogen and oxygen atoms in total. The molecule has 126 valence electrons. The van der Waals surface area contributed by atoms with Gasteiger partial charge in [0.15, 0.2) is 15.8 Å². The predicted octanol–water partition coefficient (Wildman–Crippen LogP) is 2.03. The van der Waals surface area contributed by atoms with Crippen LogP contribution in [0.2, 0.25) is 0 Å².